The summed E-state index contributed by atoms with van der Waals surface area (Å²) < 4.78 is 49.1. The molecule has 0 spiro atoms. The molecule has 2 aromatic carbocycles. The van der Waals surface area contributed by atoms with Crippen LogP contribution in [0.2, 0.25) is 0 Å². The number of halogens is 3. The Bertz CT molecular complexity index is 863. The van der Waals surface area contributed by atoms with Gasteiger partial charge in [0.25, 0.3) is 0 Å². The molecule has 2 aromatic rings. The fourth-order valence-electron chi connectivity index (χ4n) is 3.20. The van der Waals surface area contributed by atoms with Crippen LogP contribution in [-0.4, -0.2) is 29.7 Å². The summed E-state index contributed by atoms with van der Waals surface area (Å²) in [6.45, 7) is 0.306. The van der Waals surface area contributed by atoms with Gasteiger partial charge in [-0.1, -0.05) is 30.3 Å². The van der Waals surface area contributed by atoms with Crippen molar-refractivity contribution in [3.8, 4) is 11.8 Å². The second-order valence-electron chi connectivity index (χ2n) is 6.71. The van der Waals surface area contributed by atoms with Gasteiger partial charge in [-0.2, -0.15) is 18.4 Å². The molecule has 1 saturated heterocycles. The van der Waals surface area contributed by atoms with Crippen LogP contribution in [0.3, 0.4) is 0 Å². The summed E-state index contributed by atoms with van der Waals surface area (Å²) in [7, 11) is 0. The molecule has 0 bridgehead atoms. The number of carbonyl (C=O) groups excluding carboxylic acids is 1. The third-order valence-electron chi connectivity index (χ3n) is 4.63. The van der Waals surface area contributed by atoms with Gasteiger partial charge < -0.3 is 14.4 Å². The van der Waals surface area contributed by atoms with Gasteiger partial charge in [0.1, 0.15) is 18.5 Å². The van der Waals surface area contributed by atoms with Gasteiger partial charge in [-0.3, -0.25) is 0 Å². The van der Waals surface area contributed by atoms with Crippen molar-refractivity contribution in [3.63, 3.8) is 0 Å². The minimum absolute atomic E-state index is 0.111. The van der Waals surface area contributed by atoms with E-state index in [4.69, 9.17) is 14.7 Å². The van der Waals surface area contributed by atoms with E-state index in [-0.39, 0.29) is 31.4 Å². The van der Waals surface area contributed by atoms with Crippen LogP contribution in [0.5, 0.6) is 5.75 Å². The monoisotopic (exact) mass is 404 g/mol. The number of amides is 1. The van der Waals surface area contributed by atoms with E-state index in [0.29, 0.717) is 6.42 Å². The maximum Gasteiger partial charge on any atom is 0.416 e. The molecule has 1 amide bonds. The number of rotatable bonds is 5. The van der Waals surface area contributed by atoms with Crippen molar-refractivity contribution in [2.24, 2.45) is 0 Å². The van der Waals surface area contributed by atoms with Gasteiger partial charge in [-0.25, -0.2) is 4.79 Å². The van der Waals surface area contributed by atoms with Crippen molar-refractivity contribution in [1.82, 2.24) is 4.90 Å². The Morgan fingerprint density at radius 1 is 1.14 bits per heavy atom. The number of likely N-dealkylation sites (tertiary alicyclic amines) is 1. The van der Waals surface area contributed by atoms with E-state index >= 15 is 0 Å². The van der Waals surface area contributed by atoms with Crippen molar-refractivity contribution in [2.45, 2.75) is 37.8 Å². The Balaban J connectivity index is 1.61. The maximum absolute atomic E-state index is 12.7. The summed E-state index contributed by atoms with van der Waals surface area (Å²) in [5, 5.41) is 9.04. The highest BCUT2D eigenvalue weighted by molar-refractivity contribution is 5.68. The molecule has 1 fully saturated rings. The van der Waals surface area contributed by atoms with E-state index in [0.717, 1.165) is 17.7 Å². The topological polar surface area (TPSA) is 62.6 Å². The van der Waals surface area contributed by atoms with Crippen molar-refractivity contribution in [3.05, 3.63) is 65.7 Å². The molecule has 1 aliphatic heterocycles. The fraction of sp³-hybridized carbons (Fsp3) is 0.333. The summed E-state index contributed by atoms with van der Waals surface area (Å²) in [6, 6.07) is 15.3. The molecule has 152 valence electrons. The van der Waals surface area contributed by atoms with Crippen LogP contribution < -0.4 is 4.74 Å². The highest BCUT2D eigenvalue weighted by Crippen LogP contribution is 2.31. The molecule has 29 heavy (non-hydrogen) atoms. The first kappa shape index (κ1) is 20.5. The number of benzene rings is 2. The van der Waals surface area contributed by atoms with E-state index in [1.807, 2.05) is 36.4 Å². The van der Waals surface area contributed by atoms with Gasteiger partial charge in [-0.05, 0) is 29.8 Å². The normalized spacial score (nSPS) is 18.9. The van der Waals surface area contributed by atoms with Gasteiger partial charge in [0, 0.05) is 6.42 Å². The highest BCUT2D eigenvalue weighted by atomic mass is 19.4. The number of ether oxygens (including phenoxy) is 2. The number of hydrogen-bond acceptors (Lipinski definition) is 4. The Kier molecular flexibility index (Phi) is 6.27. The molecule has 0 unspecified atom stereocenters. The molecular weight excluding hydrogens is 385 g/mol. The minimum Gasteiger partial charge on any atom is -0.489 e. The average molecular weight is 404 g/mol. The molecule has 0 saturated carbocycles. The molecular formula is C21H19F3N2O3. The lowest BCUT2D eigenvalue weighted by molar-refractivity contribution is -0.137. The Labute approximate surface area is 166 Å². The Morgan fingerprint density at radius 3 is 2.45 bits per heavy atom. The fourth-order valence-corrected chi connectivity index (χ4v) is 3.20. The smallest absolute Gasteiger partial charge is 0.416 e. The Morgan fingerprint density at radius 2 is 1.83 bits per heavy atom. The highest BCUT2D eigenvalue weighted by Gasteiger charge is 2.37. The van der Waals surface area contributed by atoms with Gasteiger partial charge in [0.05, 0.1) is 30.6 Å². The summed E-state index contributed by atoms with van der Waals surface area (Å²) in [4.78, 5) is 13.9. The van der Waals surface area contributed by atoms with Gasteiger partial charge >= 0.3 is 12.3 Å². The molecule has 3 rings (SSSR count). The summed E-state index contributed by atoms with van der Waals surface area (Å²) >= 11 is 0. The van der Waals surface area contributed by atoms with Crippen molar-refractivity contribution in [2.75, 3.05) is 6.54 Å². The Hall–Kier alpha value is -3.21. The van der Waals surface area contributed by atoms with Crippen molar-refractivity contribution in [1.29, 1.82) is 5.26 Å². The van der Waals surface area contributed by atoms with Crippen LogP contribution in [0.1, 0.15) is 24.0 Å². The lowest BCUT2D eigenvalue weighted by Crippen LogP contribution is -2.36. The number of carbonyl (C=O) groups is 1. The van der Waals surface area contributed by atoms with Crippen LogP contribution in [0, 0.1) is 11.3 Å². The zero-order chi connectivity index (χ0) is 20.9. The van der Waals surface area contributed by atoms with E-state index in [9.17, 15) is 18.0 Å². The average Bonchev–Trinajstić information content (AvgIpc) is 3.09. The lowest BCUT2D eigenvalue weighted by atomic mass is 10.1. The van der Waals surface area contributed by atoms with E-state index in [1.54, 1.807) is 0 Å². The van der Waals surface area contributed by atoms with Crippen LogP contribution in [0.25, 0.3) is 0 Å². The van der Waals surface area contributed by atoms with Crippen LogP contribution in [0.4, 0.5) is 18.0 Å². The van der Waals surface area contributed by atoms with Gasteiger partial charge in [0.2, 0.25) is 0 Å². The first-order valence-electron chi connectivity index (χ1n) is 9.05. The number of hydrogen-bond donors (Lipinski definition) is 0. The standard InChI is InChI=1S/C21H19F3N2O3/c22-21(23,24)16-6-8-18(9-7-16)29-19-12-17(10-11-25)26(13-19)20(27)28-14-15-4-2-1-3-5-15/h1-9,17,19H,10,12-14H2/t17-,19-/m0/s1. The van der Waals surface area contributed by atoms with Gasteiger partial charge in [0.15, 0.2) is 0 Å². The number of alkyl halides is 3. The molecule has 0 N–H and O–H groups in total. The largest absolute Gasteiger partial charge is 0.489 e. The van der Waals surface area contributed by atoms with Gasteiger partial charge in [-0.15, -0.1) is 0 Å². The quantitative estimate of drug-likeness (QED) is 0.720. The molecule has 1 aliphatic rings. The lowest BCUT2D eigenvalue weighted by Gasteiger charge is -2.21. The van der Waals surface area contributed by atoms with E-state index in [2.05, 4.69) is 0 Å². The summed E-state index contributed by atoms with van der Waals surface area (Å²) in [5.41, 5.74) is 0.0826. The van der Waals surface area contributed by atoms with Crippen LogP contribution >= 0.6 is 0 Å². The first-order chi connectivity index (χ1) is 13.9. The second kappa shape index (κ2) is 8.86. The van der Waals surface area contributed by atoms with Crippen LogP contribution in [-0.2, 0) is 17.5 Å². The van der Waals surface area contributed by atoms with E-state index in [1.165, 1.54) is 17.0 Å². The predicted molar refractivity (Wildman–Crippen MR) is 97.8 cm³/mol. The SMILES string of the molecule is N#CC[C@H]1C[C@H](Oc2ccc(C(F)(F)F)cc2)CN1C(=O)OCc1ccccc1. The molecule has 5 nitrogen and oxygen atoms in total. The molecule has 1 heterocycles. The second-order valence-corrected chi connectivity index (χ2v) is 6.71. The molecule has 0 radical (unpaired) electrons. The molecule has 0 aliphatic carbocycles. The van der Waals surface area contributed by atoms with E-state index < -0.39 is 23.9 Å². The van der Waals surface area contributed by atoms with Crippen LogP contribution in [0.15, 0.2) is 54.6 Å². The first-order valence-corrected chi connectivity index (χ1v) is 9.05. The third kappa shape index (κ3) is 5.41. The summed E-state index contributed by atoms with van der Waals surface area (Å²) in [5.74, 6) is 0.276. The molecule has 2 atom stereocenters. The molecule has 0 aromatic heterocycles. The number of nitrogens with zero attached hydrogens (tertiary/aromatic N) is 2. The maximum atomic E-state index is 12.7. The van der Waals surface area contributed by atoms with Crippen molar-refractivity contribution < 1.29 is 27.4 Å². The van der Waals surface area contributed by atoms with Crippen molar-refractivity contribution >= 4 is 6.09 Å². The predicted octanol–water partition coefficient (Wildman–Crippen LogP) is 4.78. The minimum atomic E-state index is -4.41. The third-order valence-corrected chi connectivity index (χ3v) is 4.63. The summed E-state index contributed by atoms with van der Waals surface area (Å²) in [6.07, 6.45) is -4.88. The zero-order valence-corrected chi connectivity index (χ0v) is 15.4. The zero-order valence-electron chi connectivity index (χ0n) is 15.4. The molecule has 8 heteroatoms. The number of nitriles is 1.